The Balaban J connectivity index is 2.23. The Bertz CT molecular complexity index is 298. The third-order valence-electron chi connectivity index (χ3n) is 4.44. The second kappa shape index (κ2) is 10.1. The average Bonchev–Trinajstić information content (AvgIpc) is 2.93. The summed E-state index contributed by atoms with van der Waals surface area (Å²) in [5.41, 5.74) is -0.518. The first-order valence-electron chi connectivity index (χ1n) is 8.14. The summed E-state index contributed by atoms with van der Waals surface area (Å²) in [6.45, 7) is 4.91. The molecule has 0 saturated heterocycles. The Morgan fingerprint density at radius 1 is 1.24 bits per heavy atom. The van der Waals surface area contributed by atoms with E-state index in [1.165, 1.54) is 7.11 Å². The molecule has 2 atom stereocenters. The van der Waals surface area contributed by atoms with Gasteiger partial charge in [-0.3, -0.25) is 4.79 Å². The highest BCUT2D eigenvalue weighted by Crippen LogP contribution is 2.38. The summed E-state index contributed by atoms with van der Waals surface area (Å²) in [6.07, 6.45) is 6.09. The molecule has 1 saturated carbocycles. The number of carbonyl (C=O) groups is 1. The van der Waals surface area contributed by atoms with Crippen molar-refractivity contribution >= 4 is 5.97 Å². The van der Waals surface area contributed by atoms with E-state index in [4.69, 9.17) is 14.2 Å². The standard InChI is InChI=1S/C16H31NO4/c1-4-5-10-20-12-13-21-11-8-14-7-6-9-16(14,17-2)15(18)19-3/h14,17H,4-13H2,1-3H3. The topological polar surface area (TPSA) is 56.8 Å². The number of carbonyl (C=O) groups excluding carboxylic acids is 1. The third kappa shape index (κ3) is 5.24. The molecule has 124 valence electrons. The van der Waals surface area contributed by atoms with Crippen LogP contribution in [0.1, 0.15) is 45.4 Å². The first kappa shape index (κ1) is 18.4. The molecule has 0 spiro atoms. The minimum absolute atomic E-state index is 0.143. The molecule has 0 aromatic rings. The molecule has 0 aromatic heterocycles. The molecule has 0 amide bonds. The van der Waals surface area contributed by atoms with Gasteiger partial charge in [0.25, 0.3) is 0 Å². The van der Waals surface area contributed by atoms with E-state index in [0.29, 0.717) is 19.8 Å². The minimum atomic E-state index is -0.518. The highest BCUT2D eigenvalue weighted by atomic mass is 16.5. The Hall–Kier alpha value is -0.650. The maximum atomic E-state index is 12.1. The van der Waals surface area contributed by atoms with Gasteiger partial charge in [-0.05, 0) is 38.6 Å². The summed E-state index contributed by atoms with van der Waals surface area (Å²) in [5.74, 6) is 0.145. The summed E-state index contributed by atoms with van der Waals surface area (Å²) >= 11 is 0. The summed E-state index contributed by atoms with van der Waals surface area (Å²) in [5, 5.41) is 3.20. The quantitative estimate of drug-likeness (QED) is 0.468. The Morgan fingerprint density at radius 3 is 2.57 bits per heavy atom. The van der Waals surface area contributed by atoms with Crippen molar-refractivity contribution in [2.45, 2.75) is 51.0 Å². The number of ether oxygens (including phenoxy) is 3. The Kier molecular flexibility index (Phi) is 8.88. The number of unbranched alkanes of at least 4 members (excludes halogenated alkanes) is 1. The molecule has 1 N–H and O–H groups in total. The fraction of sp³-hybridized carbons (Fsp3) is 0.938. The van der Waals surface area contributed by atoms with Gasteiger partial charge in [0.05, 0.1) is 20.3 Å². The van der Waals surface area contributed by atoms with E-state index in [0.717, 1.165) is 45.1 Å². The lowest BCUT2D eigenvalue weighted by atomic mass is 9.85. The largest absolute Gasteiger partial charge is 0.468 e. The van der Waals surface area contributed by atoms with Gasteiger partial charge in [-0.15, -0.1) is 0 Å². The molecule has 1 aliphatic carbocycles. The van der Waals surface area contributed by atoms with Crippen LogP contribution in [-0.4, -0.2) is 52.1 Å². The van der Waals surface area contributed by atoms with Crippen molar-refractivity contribution in [1.82, 2.24) is 5.32 Å². The highest BCUT2D eigenvalue weighted by Gasteiger charge is 2.48. The van der Waals surface area contributed by atoms with Gasteiger partial charge in [0.1, 0.15) is 5.54 Å². The predicted octanol–water partition coefficient (Wildman–Crippen LogP) is 2.14. The van der Waals surface area contributed by atoms with E-state index in [1.807, 2.05) is 7.05 Å². The van der Waals surface area contributed by atoms with Crippen molar-refractivity contribution in [3.8, 4) is 0 Å². The molecule has 1 rings (SSSR count). The molecular formula is C16H31NO4. The molecule has 0 aromatic carbocycles. The summed E-state index contributed by atoms with van der Waals surface area (Å²) in [4.78, 5) is 12.1. The molecule has 0 bridgehead atoms. The van der Waals surface area contributed by atoms with E-state index in [2.05, 4.69) is 12.2 Å². The molecule has 1 aliphatic rings. The van der Waals surface area contributed by atoms with E-state index >= 15 is 0 Å². The predicted molar refractivity (Wildman–Crippen MR) is 82.3 cm³/mol. The SMILES string of the molecule is CCCCOCCOCCC1CCCC1(NC)C(=O)OC. The first-order valence-corrected chi connectivity index (χ1v) is 8.14. The lowest BCUT2D eigenvalue weighted by Gasteiger charge is -2.32. The zero-order valence-corrected chi connectivity index (χ0v) is 13.8. The minimum Gasteiger partial charge on any atom is -0.468 e. The zero-order chi connectivity index (χ0) is 15.6. The van der Waals surface area contributed by atoms with Gasteiger partial charge in [-0.1, -0.05) is 19.8 Å². The Morgan fingerprint density at radius 2 is 1.95 bits per heavy atom. The summed E-state index contributed by atoms with van der Waals surface area (Å²) in [6, 6.07) is 0. The smallest absolute Gasteiger partial charge is 0.326 e. The second-order valence-electron chi connectivity index (χ2n) is 5.67. The molecule has 5 heteroatoms. The van der Waals surface area contributed by atoms with Gasteiger partial charge < -0.3 is 19.5 Å². The molecule has 0 heterocycles. The number of hydrogen-bond acceptors (Lipinski definition) is 5. The van der Waals surface area contributed by atoms with Gasteiger partial charge in [0, 0.05) is 13.2 Å². The van der Waals surface area contributed by atoms with E-state index in [-0.39, 0.29) is 11.9 Å². The van der Waals surface area contributed by atoms with Gasteiger partial charge in [0.15, 0.2) is 0 Å². The van der Waals surface area contributed by atoms with Crippen LogP contribution in [-0.2, 0) is 19.0 Å². The first-order chi connectivity index (χ1) is 10.2. The molecule has 0 aliphatic heterocycles. The number of rotatable bonds is 11. The lowest BCUT2D eigenvalue weighted by Crippen LogP contribution is -2.54. The normalized spacial score (nSPS) is 25.2. The average molecular weight is 301 g/mol. The number of hydrogen-bond donors (Lipinski definition) is 1. The van der Waals surface area contributed by atoms with Crippen molar-refractivity contribution in [3.05, 3.63) is 0 Å². The molecule has 5 nitrogen and oxygen atoms in total. The van der Waals surface area contributed by atoms with Gasteiger partial charge in [-0.25, -0.2) is 0 Å². The van der Waals surface area contributed by atoms with Crippen molar-refractivity contribution < 1.29 is 19.0 Å². The van der Waals surface area contributed by atoms with Crippen molar-refractivity contribution in [2.75, 3.05) is 40.6 Å². The van der Waals surface area contributed by atoms with E-state index in [9.17, 15) is 4.79 Å². The zero-order valence-electron chi connectivity index (χ0n) is 13.8. The van der Waals surface area contributed by atoms with Crippen LogP contribution in [0.25, 0.3) is 0 Å². The number of esters is 1. The number of nitrogens with one attached hydrogen (secondary N) is 1. The van der Waals surface area contributed by atoms with Crippen LogP contribution in [0.2, 0.25) is 0 Å². The molecular weight excluding hydrogens is 270 g/mol. The van der Waals surface area contributed by atoms with Crippen molar-refractivity contribution in [1.29, 1.82) is 0 Å². The van der Waals surface area contributed by atoms with Crippen LogP contribution in [0.3, 0.4) is 0 Å². The monoisotopic (exact) mass is 301 g/mol. The molecule has 1 fully saturated rings. The summed E-state index contributed by atoms with van der Waals surface area (Å²) < 4.78 is 16.1. The van der Waals surface area contributed by atoms with Crippen LogP contribution in [0.5, 0.6) is 0 Å². The number of likely N-dealkylation sites (N-methyl/N-ethyl adjacent to an activating group) is 1. The van der Waals surface area contributed by atoms with Gasteiger partial charge >= 0.3 is 5.97 Å². The maximum Gasteiger partial charge on any atom is 0.326 e. The van der Waals surface area contributed by atoms with Crippen LogP contribution < -0.4 is 5.32 Å². The second-order valence-corrected chi connectivity index (χ2v) is 5.67. The van der Waals surface area contributed by atoms with Crippen molar-refractivity contribution in [3.63, 3.8) is 0 Å². The highest BCUT2D eigenvalue weighted by molar-refractivity contribution is 5.81. The van der Waals surface area contributed by atoms with Gasteiger partial charge in [-0.2, -0.15) is 0 Å². The fourth-order valence-electron chi connectivity index (χ4n) is 3.14. The van der Waals surface area contributed by atoms with Gasteiger partial charge in [0.2, 0.25) is 0 Å². The Labute approximate surface area is 128 Å². The van der Waals surface area contributed by atoms with E-state index in [1.54, 1.807) is 0 Å². The maximum absolute atomic E-state index is 12.1. The lowest BCUT2D eigenvalue weighted by molar-refractivity contribution is -0.150. The molecule has 0 radical (unpaired) electrons. The van der Waals surface area contributed by atoms with Crippen LogP contribution in [0, 0.1) is 5.92 Å². The molecule has 21 heavy (non-hydrogen) atoms. The summed E-state index contributed by atoms with van der Waals surface area (Å²) in [7, 11) is 3.30. The van der Waals surface area contributed by atoms with Crippen LogP contribution >= 0.6 is 0 Å². The van der Waals surface area contributed by atoms with Crippen LogP contribution in [0.4, 0.5) is 0 Å². The fourth-order valence-corrected chi connectivity index (χ4v) is 3.14. The van der Waals surface area contributed by atoms with Crippen molar-refractivity contribution in [2.24, 2.45) is 5.92 Å². The molecule has 2 unspecified atom stereocenters. The third-order valence-corrected chi connectivity index (χ3v) is 4.44. The van der Waals surface area contributed by atoms with Crippen LogP contribution in [0.15, 0.2) is 0 Å². The number of methoxy groups -OCH3 is 1. The van der Waals surface area contributed by atoms with E-state index < -0.39 is 5.54 Å².